The topological polar surface area (TPSA) is 137 Å². The summed E-state index contributed by atoms with van der Waals surface area (Å²) in [6.07, 6.45) is 1.34. The molecular formula is C19H15N3O7. The second kappa shape index (κ2) is 8.65. The minimum Gasteiger partial charge on any atom is -0.490 e. The molecule has 148 valence electrons. The molecule has 10 nitrogen and oxygen atoms in total. The van der Waals surface area contributed by atoms with Crippen LogP contribution in [0.4, 0.5) is 10.5 Å². The Bertz CT molecular complexity index is 977. The maximum absolute atomic E-state index is 11.8. The number of hydrogen-bond donors (Lipinski definition) is 2. The summed E-state index contributed by atoms with van der Waals surface area (Å²) in [7, 11) is 0. The van der Waals surface area contributed by atoms with Crippen molar-refractivity contribution in [1.29, 1.82) is 0 Å². The molecule has 2 aromatic rings. The molecule has 4 amide bonds. The fourth-order valence-electron chi connectivity index (χ4n) is 2.45. The van der Waals surface area contributed by atoms with Crippen molar-refractivity contribution in [3.63, 3.8) is 0 Å². The van der Waals surface area contributed by atoms with Gasteiger partial charge < -0.3 is 9.47 Å². The van der Waals surface area contributed by atoms with E-state index in [1.54, 1.807) is 24.3 Å². The zero-order chi connectivity index (χ0) is 20.8. The molecular weight excluding hydrogens is 382 g/mol. The molecule has 0 unspecified atom stereocenters. The highest BCUT2D eigenvalue weighted by molar-refractivity contribution is 6.31. The van der Waals surface area contributed by atoms with Gasteiger partial charge in [-0.2, -0.15) is 0 Å². The van der Waals surface area contributed by atoms with Gasteiger partial charge in [-0.3, -0.25) is 30.3 Å². The highest BCUT2D eigenvalue weighted by Gasteiger charge is 2.27. The fourth-order valence-corrected chi connectivity index (χ4v) is 2.45. The Kier molecular flexibility index (Phi) is 5.83. The van der Waals surface area contributed by atoms with Crippen molar-refractivity contribution in [2.45, 2.75) is 0 Å². The van der Waals surface area contributed by atoms with Gasteiger partial charge in [0.1, 0.15) is 30.3 Å². The van der Waals surface area contributed by atoms with Gasteiger partial charge in [0.25, 0.3) is 17.5 Å². The van der Waals surface area contributed by atoms with Gasteiger partial charge in [-0.05, 0) is 35.9 Å². The molecule has 0 spiro atoms. The average molecular weight is 397 g/mol. The highest BCUT2D eigenvalue weighted by atomic mass is 16.6. The summed E-state index contributed by atoms with van der Waals surface area (Å²) in [5, 5.41) is 14.6. The van der Waals surface area contributed by atoms with Crippen molar-refractivity contribution in [2.75, 3.05) is 13.2 Å². The number of carbonyl (C=O) groups is 3. The van der Waals surface area contributed by atoms with E-state index >= 15 is 0 Å². The number of ether oxygens (including phenoxy) is 2. The highest BCUT2D eigenvalue weighted by Crippen LogP contribution is 2.19. The number of hydrogen-bond acceptors (Lipinski definition) is 7. The number of amides is 4. The van der Waals surface area contributed by atoms with Crippen molar-refractivity contribution < 1.29 is 28.8 Å². The number of urea groups is 1. The summed E-state index contributed by atoms with van der Waals surface area (Å²) in [6, 6.07) is 11.5. The third kappa shape index (κ3) is 5.16. The largest absolute Gasteiger partial charge is 0.490 e. The van der Waals surface area contributed by atoms with Crippen molar-refractivity contribution in [3.05, 3.63) is 69.8 Å². The van der Waals surface area contributed by atoms with E-state index in [1.807, 2.05) is 10.6 Å². The monoisotopic (exact) mass is 397 g/mol. The third-order valence-corrected chi connectivity index (χ3v) is 3.78. The molecule has 2 aromatic carbocycles. The first-order valence-electron chi connectivity index (χ1n) is 8.41. The second-order valence-corrected chi connectivity index (χ2v) is 5.82. The van der Waals surface area contributed by atoms with Gasteiger partial charge >= 0.3 is 6.03 Å². The molecule has 0 atom stereocenters. The van der Waals surface area contributed by atoms with E-state index in [2.05, 4.69) is 0 Å². The second-order valence-electron chi connectivity index (χ2n) is 5.82. The molecule has 29 heavy (non-hydrogen) atoms. The molecule has 0 aromatic heterocycles. The SMILES string of the molecule is O=C1NC(=O)C(=Cc2cccc(OCCOc3ccc([N+](=O)[O-])cc3)c2)C(=O)N1. The third-order valence-electron chi connectivity index (χ3n) is 3.78. The number of nitro groups is 1. The van der Waals surface area contributed by atoms with Crippen molar-refractivity contribution in [2.24, 2.45) is 0 Å². The predicted octanol–water partition coefficient (Wildman–Crippen LogP) is 1.80. The minimum absolute atomic E-state index is 0.0239. The number of non-ortho nitro benzene ring substituents is 1. The summed E-state index contributed by atoms with van der Waals surface area (Å²) >= 11 is 0. The number of nitrogens with zero attached hydrogens (tertiary/aromatic N) is 1. The molecule has 0 aliphatic carbocycles. The molecule has 0 bridgehead atoms. The summed E-state index contributed by atoms with van der Waals surface area (Å²) in [4.78, 5) is 44.7. The number of imide groups is 2. The van der Waals surface area contributed by atoms with Crippen molar-refractivity contribution >= 4 is 29.6 Å². The van der Waals surface area contributed by atoms with Crippen LogP contribution in [-0.4, -0.2) is 36.0 Å². The van der Waals surface area contributed by atoms with Crippen LogP contribution in [0, 0.1) is 10.1 Å². The van der Waals surface area contributed by atoms with Crippen LogP contribution in [0.2, 0.25) is 0 Å². The van der Waals surface area contributed by atoms with E-state index in [0.717, 1.165) is 0 Å². The minimum atomic E-state index is -0.859. The maximum Gasteiger partial charge on any atom is 0.328 e. The molecule has 1 heterocycles. The average Bonchev–Trinajstić information content (AvgIpc) is 2.69. The van der Waals surface area contributed by atoms with Crippen LogP contribution in [0.5, 0.6) is 11.5 Å². The van der Waals surface area contributed by atoms with E-state index in [0.29, 0.717) is 17.1 Å². The molecule has 1 fully saturated rings. The molecule has 10 heteroatoms. The van der Waals surface area contributed by atoms with Gasteiger partial charge in [0.05, 0.1) is 4.92 Å². The van der Waals surface area contributed by atoms with Gasteiger partial charge in [0, 0.05) is 12.1 Å². The Hall–Kier alpha value is -4.21. The number of rotatable bonds is 7. The number of barbiturate groups is 1. The first-order valence-corrected chi connectivity index (χ1v) is 8.41. The number of benzene rings is 2. The van der Waals surface area contributed by atoms with Crippen LogP contribution < -0.4 is 20.1 Å². The lowest BCUT2D eigenvalue weighted by atomic mass is 10.1. The number of carbonyl (C=O) groups excluding carboxylic acids is 3. The quantitative estimate of drug-likeness (QED) is 0.239. The normalized spacial score (nSPS) is 13.4. The zero-order valence-electron chi connectivity index (χ0n) is 14.9. The fraction of sp³-hybridized carbons (Fsp3) is 0.105. The molecule has 1 aliphatic rings. The standard InChI is InChI=1S/C19H15N3O7/c23-17-16(18(24)21-19(25)20-17)11-12-2-1-3-15(10-12)29-9-8-28-14-6-4-13(5-7-14)22(26)27/h1-7,10-11H,8-9H2,(H2,20,21,23,24,25). The number of nitrogens with one attached hydrogen (secondary N) is 2. The van der Waals surface area contributed by atoms with Gasteiger partial charge in [-0.1, -0.05) is 12.1 Å². The first kappa shape index (κ1) is 19.5. The lowest BCUT2D eigenvalue weighted by molar-refractivity contribution is -0.384. The van der Waals surface area contributed by atoms with Crippen LogP contribution >= 0.6 is 0 Å². The molecule has 0 radical (unpaired) electrons. The Morgan fingerprint density at radius 1 is 0.897 bits per heavy atom. The smallest absolute Gasteiger partial charge is 0.328 e. The van der Waals surface area contributed by atoms with Gasteiger partial charge in [0.15, 0.2) is 0 Å². The molecule has 3 rings (SSSR count). The maximum atomic E-state index is 11.8. The van der Waals surface area contributed by atoms with E-state index < -0.39 is 22.8 Å². The summed E-state index contributed by atoms with van der Waals surface area (Å²) in [5.41, 5.74) is 0.320. The van der Waals surface area contributed by atoms with Gasteiger partial charge in [-0.15, -0.1) is 0 Å². The van der Waals surface area contributed by atoms with Crippen molar-refractivity contribution in [3.8, 4) is 11.5 Å². The van der Waals surface area contributed by atoms with E-state index in [4.69, 9.17) is 9.47 Å². The van der Waals surface area contributed by atoms with E-state index in [-0.39, 0.29) is 24.5 Å². The van der Waals surface area contributed by atoms with Crippen LogP contribution in [-0.2, 0) is 9.59 Å². The summed E-state index contributed by atoms with van der Waals surface area (Å²) < 4.78 is 11.0. The van der Waals surface area contributed by atoms with Crippen LogP contribution in [0.15, 0.2) is 54.1 Å². The summed E-state index contributed by atoms with van der Waals surface area (Å²) in [6.45, 7) is 0.405. The van der Waals surface area contributed by atoms with Gasteiger partial charge in [0.2, 0.25) is 0 Å². The first-order chi connectivity index (χ1) is 13.9. The predicted molar refractivity (Wildman–Crippen MR) is 100 cm³/mol. The molecule has 2 N–H and O–H groups in total. The van der Waals surface area contributed by atoms with E-state index in [9.17, 15) is 24.5 Å². The molecule has 0 saturated carbocycles. The number of nitro benzene ring substituents is 1. The molecule has 1 saturated heterocycles. The lowest BCUT2D eigenvalue weighted by Crippen LogP contribution is -2.51. The van der Waals surface area contributed by atoms with Crippen LogP contribution in [0.3, 0.4) is 0 Å². The Labute approximate surface area is 164 Å². The van der Waals surface area contributed by atoms with Gasteiger partial charge in [-0.25, -0.2) is 4.79 Å². The zero-order valence-corrected chi connectivity index (χ0v) is 14.9. The lowest BCUT2D eigenvalue weighted by Gasteiger charge is -2.14. The van der Waals surface area contributed by atoms with Crippen LogP contribution in [0.1, 0.15) is 5.56 Å². The Morgan fingerprint density at radius 3 is 2.14 bits per heavy atom. The van der Waals surface area contributed by atoms with E-state index in [1.165, 1.54) is 30.3 Å². The Morgan fingerprint density at radius 2 is 1.52 bits per heavy atom. The summed E-state index contributed by atoms with van der Waals surface area (Å²) in [5.74, 6) is -0.593. The molecule has 1 aliphatic heterocycles. The Balaban J connectivity index is 1.55. The van der Waals surface area contributed by atoms with Crippen LogP contribution in [0.25, 0.3) is 6.08 Å². The van der Waals surface area contributed by atoms with Crippen molar-refractivity contribution in [1.82, 2.24) is 10.6 Å².